The van der Waals surface area contributed by atoms with Gasteiger partial charge in [0.15, 0.2) is 0 Å². The molecule has 0 aliphatic carbocycles. The number of nitrogens with zero attached hydrogens (tertiary/aromatic N) is 1. The summed E-state index contributed by atoms with van der Waals surface area (Å²) in [6.45, 7) is 2.02. The standard InChI is InChI=1S/C49H36N2/c1-2-12-39(32-50)42-28-27-41(44-19-9-10-20-45(42)44)38-22-25-46-47-26-23-37-30-36(35-16-11-15-34(29-35)33-13-5-3-6-14-33)21-24-43(37)49(47)51(48(46)31-38)40-17-7-4-8-18-40/h2-32H,50H2,1H3/b12-2-,39-32+. The normalized spacial score (nSPS) is 12.1. The molecule has 0 spiro atoms. The maximum atomic E-state index is 6.09. The molecule has 2 N–H and O–H groups in total. The Morgan fingerprint density at radius 2 is 1.14 bits per heavy atom. The van der Waals surface area contributed by atoms with E-state index in [1.54, 1.807) is 6.20 Å². The van der Waals surface area contributed by atoms with Crippen LogP contribution in [0.4, 0.5) is 0 Å². The van der Waals surface area contributed by atoms with Crippen LogP contribution in [0, 0.1) is 0 Å². The minimum atomic E-state index is 1.01. The van der Waals surface area contributed by atoms with Crippen LogP contribution in [0.15, 0.2) is 188 Å². The Labute approximate surface area is 298 Å². The molecule has 242 valence electrons. The first-order valence-corrected chi connectivity index (χ1v) is 17.5. The highest BCUT2D eigenvalue weighted by atomic mass is 15.0. The first-order chi connectivity index (χ1) is 25.2. The van der Waals surface area contributed by atoms with E-state index in [2.05, 4.69) is 181 Å². The Kier molecular flexibility index (Phi) is 7.56. The Bertz CT molecular complexity index is 2800. The minimum Gasteiger partial charge on any atom is -0.404 e. The van der Waals surface area contributed by atoms with Gasteiger partial charge in [0.05, 0.1) is 11.0 Å². The van der Waals surface area contributed by atoms with E-state index in [-0.39, 0.29) is 0 Å². The molecule has 9 rings (SSSR count). The summed E-state index contributed by atoms with van der Waals surface area (Å²) >= 11 is 0. The number of para-hydroxylation sites is 1. The van der Waals surface area contributed by atoms with E-state index < -0.39 is 0 Å². The molecule has 1 heterocycles. The van der Waals surface area contributed by atoms with Crippen molar-refractivity contribution < 1.29 is 0 Å². The third-order valence-electron chi connectivity index (χ3n) is 10.1. The lowest BCUT2D eigenvalue weighted by Crippen LogP contribution is -1.95. The lowest BCUT2D eigenvalue weighted by atomic mass is 9.91. The molecule has 0 saturated heterocycles. The number of aromatic nitrogens is 1. The van der Waals surface area contributed by atoms with Crippen LogP contribution in [0.25, 0.3) is 88.0 Å². The number of allylic oxidation sites excluding steroid dienone is 3. The summed E-state index contributed by atoms with van der Waals surface area (Å²) in [4.78, 5) is 0. The molecular weight excluding hydrogens is 617 g/mol. The smallest absolute Gasteiger partial charge is 0.0619 e. The summed E-state index contributed by atoms with van der Waals surface area (Å²) in [5, 5.41) is 7.32. The van der Waals surface area contributed by atoms with Crippen molar-refractivity contribution in [2.45, 2.75) is 6.92 Å². The highest BCUT2D eigenvalue weighted by molar-refractivity contribution is 6.19. The van der Waals surface area contributed by atoms with Gasteiger partial charge in [-0.1, -0.05) is 152 Å². The largest absolute Gasteiger partial charge is 0.404 e. The van der Waals surface area contributed by atoms with Gasteiger partial charge in [-0.3, -0.25) is 0 Å². The molecule has 0 aliphatic heterocycles. The van der Waals surface area contributed by atoms with E-state index in [0.717, 1.165) is 16.8 Å². The van der Waals surface area contributed by atoms with E-state index in [0.29, 0.717) is 0 Å². The molecule has 2 nitrogen and oxygen atoms in total. The van der Waals surface area contributed by atoms with Gasteiger partial charge in [0.2, 0.25) is 0 Å². The second kappa shape index (κ2) is 12.7. The van der Waals surface area contributed by atoms with Crippen molar-refractivity contribution in [2.24, 2.45) is 5.73 Å². The van der Waals surface area contributed by atoms with Crippen LogP contribution in [0.5, 0.6) is 0 Å². The Balaban J connectivity index is 1.25. The van der Waals surface area contributed by atoms with Crippen LogP contribution in [0.2, 0.25) is 0 Å². The predicted octanol–water partition coefficient (Wildman–Crippen LogP) is 13.0. The Hall–Kier alpha value is -6.64. The molecule has 0 fully saturated rings. The van der Waals surface area contributed by atoms with Crippen molar-refractivity contribution >= 4 is 48.9 Å². The summed E-state index contributed by atoms with van der Waals surface area (Å²) < 4.78 is 2.45. The molecule has 0 saturated carbocycles. The quantitative estimate of drug-likeness (QED) is 0.178. The van der Waals surface area contributed by atoms with Crippen LogP contribution >= 0.6 is 0 Å². The monoisotopic (exact) mass is 652 g/mol. The third kappa shape index (κ3) is 5.21. The minimum absolute atomic E-state index is 1.01. The number of fused-ring (bicyclic) bond motifs is 6. The van der Waals surface area contributed by atoms with E-state index in [9.17, 15) is 0 Å². The lowest BCUT2D eigenvalue weighted by Gasteiger charge is -2.14. The van der Waals surface area contributed by atoms with Gasteiger partial charge in [0.1, 0.15) is 0 Å². The molecule has 0 amide bonds. The van der Waals surface area contributed by atoms with Crippen molar-refractivity contribution in [1.82, 2.24) is 4.57 Å². The number of rotatable bonds is 6. The number of benzene rings is 8. The lowest BCUT2D eigenvalue weighted by molar-refractivity contribution is 1.19. The van der Waals surface area contributed by atoms with Crippen molar-refractivity contribution in [1.29, 1.82) is 0 Å². The topological polar surface area (TPSA) is 30.9 Å². The summed E-state index contributed by atoms with van der Waals surface area (Å²) in [6.07, 6.45) is 5.80. The summed E-state index contributed by atoms with van der Waals surface area (Å²) in [5.41, 5.74) is 19.0. The molecular formula is C49H36N2. The van der Waals surface area contributed by atoms with Crippen LogP contribution in [-0.2, 0) is 0 Å². The van der Waals surface area contributed by atoms with Crippen molar-refractivity contribution in [3.8, 4) is 39.1 Å². The third-order valence-corrected chi connectivity index (χ3v) is 10.1. The number of hydrogen-bond donors (Lipinski definition) is 1. The average molecular weight is 653 g/mol. The van der Waals surface area contributed by atoms with Gasteiger partial charge in [0, 0.05) is 28.0 Å². The summed E-state index contributed by atoms with van der Waals surface area (Å²) in [6, 6.07) is 61.7. The Morgan fingerprint density at radius 1 is 0.490 bits per heavy atom. The second-order valence-electron chi connectivity index (χ2n) is 13.1. The molecule has 51 heavy (non-hydrogen) atoms. The molecule has 0 radical (unpaired) electrons. The molecule has 0 unspecified atom stereocenters. The molecule has 9 aromatic rings. The maximum absolute atomic E-state index is 6.09. The fourth-order valence-electron chi connectivity index (χ4n) is 7.75. The first kappa shape index (κ1) is 30.4. The van der Waals surface area contributed by atoms with Gasteiger partial charge in [-0.05, 0) is 97.9 Å². The fourth-order valence-corrected chi connectivity index (χ4v) is 7.75. The van der Waals surface area contributed by atoms with Crippen LogP contribution in [-0.4, -0.2) is 4.57 Å². The fraction of sp³-hybridized carbons (Fsp3) is 0.0204. The zero-order valence-corrected chi connectivity index (χ0v) is 28.4. The zero-order chi connectivity index (χ0) is 34.3. The van der Waals surface area contributed by atoms with Gasteiger partial charge >= 0.3 is 0 Å². The molecule has 0 bridgehead atoms. The second-order valence-corrected chi connectivity index (χ2v) is 13.1. The van der Waals surface area contributed by atoms with Crippen LogP contribution in [0.1, 0.15) is 12.5 Å². The van der Waals surface area contributed by atoms with E-state index in [1.165, 1.54) is 76.7 Å². The van der Waals surface area contributed by atoms with Crippen LogP contribution < -0.4 is 5.73 Å². The molecule has 8 aromatic carbocycles. The van der Waals surface area contributed by atoms with E-state index in [4.69, 9.17) is 5.73 Å². The van der Waals surface area contributed by atoms with Gasteiger partial charge < -0.3 is 10.3 Å². The van der Waals surface area contributed by atoms with Crippen molar-refractivity contribution in [3.63, 3.8) is 0 Å². The van der Waals surface area contributed by atoms with Gasteiger partial charge in [0.25, 0.3) is 0 Å². The number of nitrogens with two attached hydrogens (primary N) is 1. The Morgan fingerprint density at radius 3 is 1.92 bits per heavy atom. The highest BCUT2D eigenvalue weighted by Gasteiger charge is 2.18. The van der Waals surface area contributed by atoms with Gasteiger partial charge in [-0.15, -0.1) is 0 Å². The maximum Gasteiger partial charge on any atom is 0.0619 e. The first-order valence-electron chi connectivity index (χ1n) is 17.5. The van der Waals surface area contributed by atoms with Crippen molar-refractivity contribution in [3.05, 3.63) is 194 Å². The molecule has 0 aliphatic rings. The molecule has 1 aromatic heterocycles. The number of hydrogen-bond acceptors (Lipinski definition) is 1. The molecule has 2 heteroatoms. The van der Waals surface area contributed by atoms with Crippen molar-refractivity contribution in [2.75, 3.05) is 0 Å². The van der Waals surface area contributed by atoms with E-state index >= 15 is 0 Å². The average Bonchev–Trinajstić information content (AvgIpc) is 3.54. The SMILES string of the molecule is C/C=C\C(=C/N)c1ccc(-c2ccc3c4ccc5cc(-c6cccc(-c7ccccc7)c6)ccc5c4n(-c4ccccc4)c3c2)c2ccccc12. The summed E-state index contributed by atoms with van der Waals surface area (Å²) in [7, 11) is 0. The van der Waals surface area contributed by atoms with E-state index in [1.807, 2.05) is 13.0 Å². The summed E-state index contributed by atoms with van der Waals surface area (Å²) in [5.74, 6) is 0. The van der Waals surface area contributed by atoms with Gasteiger partial charge in [-0.2, -0.15) is 0 Å². The molecule has 0 atom stereocenters. The van der Waals surface area contributed by atoms with Crippen LogP contribution in [0.3, 0.4) is 0 Å². The highest BCUT2D eigenvalue weighted by Crippen LogP contribution is 2.41. The predicted molar refractivity (Wildman–Crippen MR) is 219 cm³/mol. The van der Waals surface area contributed by atoms with Gasteiger partial charge in [-0.25, -0.2) is 0 Å². The zero-order valence-electron chi connectivity index (χ0n) is 28.4.